The van der Waals surface area contributed by atoms with E-state index in [1.165, 1.54) is 0 Å². The molecule has 0 aromatic heterocycles. The largest absolute Gasteiger partial charge is 0.344 e. The van der Waals surface area contributed by atoms with E-state index in [0.717, 1.165) is 0 Å². The van der Waals surface area contributed by atoms with Gasteiger partial charge in [0, 0.05) is 5.92 Å². The van der Waals surface area contributed by atoms with Crippen molar-refractivity contribution in [3.63, 3.8) is 0 Å². The molecular weight excluding hydrogens is 100 g/mol. The molecule has 2 aliphatic carbocycles. The van der Waals surface area contributed by atoms with Crippen molar-refractivity contribution in [3.8, 4) is 0 Å². The van der Waals surface area contributed by atoms with Crippen molar-refractivity contribution in [2.75, 3.05) is 0 Å². The Labute approximate surface area is 40.3 Å². The molecule has 0 amide bonds. The van der Waals surface area contributed by atoms with Gasteiger partial charge in [-0.15, -0.1) is 0 Å². The van der Waals surface area contributed by atoms with Gasteiger partial charge < -0.3 is 6.15 Å². The van der Waals surface area contributed by atoms with Crippen molar-refractivity contribution in [1.29, 1.82) is 0 Å². The molecule has 0 spiro atoms. The van der Waals surface area contributed by atoms with Gasteiger partial charge in [-0.05, 0) is 6.42 Å². The van der Waals surface area contributed by atoms with E-state index < -0.39 is 11.8 Å². The summed E-state index contributed by atoms with van der Waals surface area (Å²) in [6.45, 7) is 0. The molecule has 2 rings (SSSR count). The van der Waals surface area contributed by atoms with Crippen LogP contribution in [-0.2, 0) is 0 Å². The summed E-state index contributed by atoms with van der Waals surface area (Å²) < 4.78 is 23.5. The summed E-state index contributed by atoms with van der Waals surface area (Å²) in [5, 5.41) is 0. The van der Waals surface area contributed by atoms with Crippen LogP contribution in [0, 0.1) is 5.92 Å². The zero-order valence-electron chi connectivity index (χ0n) is 3.82. The molecule has 0 aromatic rings. The van der Waals surface area contributed by atoms with E-state index in [0.29, 0.717) is 6.42 Å². The molecule has 7 heavy (non-hydrogen) atoms. The molecule has 0 bridgehead atoms. The third kappa shape index (κ3) is 0.300. The Morgan fingerprint density at radius 2 is 1.86 bits per heavy atom. The molecule has 0 heterocycles. The highest BCUT2D eigenvalue weighted by Gasteiger charge is 2.82. The first-order valence-electron chi connectivity index (χ1n) is 2.08. The van der Waals surface area contributed by atoms with Crippen LogP contribution in [0.5, 0.6) is 0 Å². The standard InChI is InChI=1S/C4H4F2.H3N/c5-3-2-1-4(2,3)6;/h2-3H,1H2;1H3. The molecule has 0 aromatic carbocycles. The lowest BCUT2D eigenvalue weighted by Crippen LogP contribution is -1.94. The van der Waals surface area contributed by atoms with Gasteiger partial charge in [-0.1, -0.05) is 0 Å². The monoisotopic (exact) mass is 107 g/mol. The van der Waals surface area contributed by atoms with Crippen LogP contribution in [0.2, 0.25) is 0 Å². The fourth-order valence-corrected chi connectivity index (χ4v) is 0.769. The second-order valence-corrected chi connectivity index (χ2v) is 2.14. The minimum Gasteiger partial charge on any atom is -0.344 e. The summed E-state index contributed by atoms with van der Waals surface area (Å²) in [6, 6.07) is 0. The molecule has 1 nitrogen and oxygen atoms in total. The van der Waals surface area contributed by atoms with E-state index in [-0.39, 0.29) is 12.1 Å². The van der Waals surface area contributed by atoms with Crippen LogP contribution in [0.25, 0.3) is 0 Å². The maximum atomic E-state index is 11.9. The minimum absolute atomic E-state index is 0. The lowest BCUT2D eigenvalue weighted by Gasteiger charge is -1.85. The molecule has 2 saturated carbocycles. The van der Waals surface area contributed by atoms with E-state index in [2.05, 4.69) is 0 Å². The first-order valence-corrected chi connectivity index (χ1v) is 2.08. The first-order chi connectivity index (χ1) is 2.75. The molecule has 3 N–H and O–H groups in total. The lowest BCUT2D eigenvalue weighted by atomic mass is 10.4. The van der Waals surface area contributed by atoms with E-state index in [1.807, 2.05) is 0 Å². The molecule has 0 radical (unpaired) electrons. The van der Waals surface area contributed by atoms with Crippen molar-refractivity contribution in [3.05, 3.63) is 0 Å². The Hall–Kier alpha value is -0.180. The molecule has 2 fully saturated rings. The smallest absolute Gasteiger partial charge is 0.148 e. The van der Waals surface area contributed by atoms with Crippen LogP contribution in [0.4, 0.5) is 8.78 Å². The van der Waals surface area contributed by atoms with Gasteiger partial charge in [0.25, 0.3) is 0 Å². The van der Waals surface area contributed by atoms with E-state index in [9.17, 15) is 8.78 Å². The van der Waals surface area contributed by atoms with Crippen molar-refractivity contribution < 1.29 is 8.78 Å². The molecule has 42 valence electrons. The van der Waals surface area contributed by atoms with Crippen LogP contribution in [0.1, 0.15) is 6.42 Å². The first kappa shape index (κ1) is 4.97. The van der Waals surface area contributed by atoms with Gasteiger partial charge in [0.2, 0.25) is 0 Å². The zero-order chi connectivity index (χ0) is 4.36. The maximum Gasteiger partial charge on any atom is 0.148 e. The molecular formula is C4H7F2N. The molecule has 3 heteroatoms. The van der Waals surface area contributed by atoms with Gasteiger partial charge in [0.15, 0.2) is 0 Å². The van der Waals surface area contributed by atoms with Crippen LogP contribution < -0.4 is 6.15 Å². The number of fused-ring (bicyclic) bond motifs is 1. The van der Waals surface area contributed by atoms with Gasteiger partial charge in [-0.25, -0.2) is 8.78 Å². The molecule has 3 atom stereocenters. The van der Waals surface area contributed by atoms with Gasteiger partial charge in [0.05, 0.1) is 0 Å². The highest BCUT2D eigenvalue weighted by atomic mass is 19.2. The summed E-state index contributed by atoms with van der Waals surface area (Å²) in [5.41, 5.74) is -1.29. The SMILES string of the molecule is FC1C2CC12F.N. The number of hydrogen-bond acceptors (Lipinski definition) is 1. The quantitative estimate of drug-likeness (QED) is 0.496. The Balaban J connectivity index is 0.000000245. The Morgan fingerprint density at radius 3 is 1.86 bits per heavy atom. The lowest BCUT2D eigenvalue weighted by molar-refractivity contribution is 0.265. The molecule has 0 aliphatic heterocycles. The van der Waals surface area contributed by atoms with Gasteiger partial charge >= 0.3 is 0 Å². The van der Waals surface area contributed by atoms with E-state index in [4.69, 9.17) is 0 Å². The number of alkyl halides is 2. The minimum atomic E-state index is -1.29. The summed E-state index contributed by atoms with van der Waals surface area (Å²) in [5.74, 6) is -0.169. The molecule has 0 saturated heterocycles. The predicted molar refractivity (Wildman–Crippen MR) is 21.9 cm³/mol. The summed E-state index contributed by atoms with van der Waals surface area (Å²) in [7, 11) is 0. The van der Waals surface area contributed by atoms with E-state index in [1.54, 1.807) is 0 Å². The summed E-state index contributed by atoms with van der Waals surface area (Å²) in [4.78, 5) is 0. The number of hydrogen-bond donors (Lipinski definition) is 1. The highest BCUT2D eigenvalue weighted by molar-refractivity contribution is 5.30. The fourth-order valence-electron chi connectivity index (χ4n) is 0.769. The second-order valence-electron chi connectivity index (χ2n) is 2.14. The third-order valence-corrected chi connectivity index (χ3v) is 1.69. The number of rotatable bonds is 0. The van der Waals surface area contributed by atoms with Gasteiger partial charge in [-0.3, -0.25) is 0 Å². The number of halogens is 2. The fraction of sp³-hybridized carbons (Fsp3) is 1.00. The van der Waals surface area contributed by atoms with Crippen molar-refractivity contribution >= 4 is 0 Å². The summed E-state index contributed by atoms with van der Waals surface area (Å²) >= 11 is 0. The van der Waals surface area contributed by atoms with Crippen molar-refractivity contribution in [2.24, 2.45) is 5.92 Å². The van der Waals surface area contributed by atoms with E-state index >= 15 is 0 Å². The average Bonchev–Trinajstić information content (AvgIpc) is 2.24. The van der Waals surface area contributed by atoms with Gasteiger partial charge in [-0.2, -0.15) is 0 Å². The normalized spacial score (nSPS) is 62.6. The predicted octanol–water partition coefficient (Wildman–Crippen LogP) is 1.23. The van der Waals surface area contributed by atoms with Crippen LogP contribution in [0.3, 0.4) is 0 Å². The zero-order valence-corrected chi connectivity index (χ0v) is 3.82. The molecule has 2 aliphatic rings. The topological polar surface area (TPSA) is 35.0 Å². The Morgan fingerprint density at radius 1 is 1.57 bits per heavy atom. The molecule has 3 unspecified atom stereocenters. The van der Waals surface area contributed by atoms with Gasteiger partial charge in [0.1, 0.15) is 11.8 Å². The van der Waals surface area contributed by atoms with Crippen LogP contribution >= 0.6 is 0 Å². The average molecular weight is 107 g/mol. The summed E-state index contributed by atoms with van der Waals surface area (Å²) in [6.07, 6.45) is -0.578. The Kier molecular flexibility index (Phi) is 0.584. The maximum absolute atomic E-state index is 11.9. The third-order valence-electron chi connectivity index (χ3n) is 1.69. The van der Waals surface area contributed by atoms with Crippen molar-refractivity contribution in [2.45, 2.75) is 18.3 Å². The van der Waals surface area contributed by atoms with Crippen LogP contribution in [-0.4, -0.2) is 11.8 Å². The van der Waals surface area contributed by atoms with Crippen LogP contribution in [0.15, 0.2) is 0 Å². The highest BCUT2D eigenvalue weighted by Crippen LogP contribution is 2.71. The van der Waals surface area contributed by atoms with Crippen molar-refractivity contribution in [1.82, 2.24) is 6.15 Å². The Bertz CT molecular complexity index is 99.9. The second kappa shape index (κ2) is 0.823.